The molecule has 2 aromatic carbocycles. The summed E-state index contributed by atoms with van der Waals surface area (Å²) in [5.41, 5.74) is 6.84. The summed E-state index contributed by atoms with van der Waals surface area (Å²) in [5.74, 6) is 0.110. The van der Waals surface area contributed by atoms with E-state index in [1.165, 1.54) is 0 Å². The zero-order valence-electron chi connectivity index (χ0n) is 15.9. The fraction of sp³-hybridized carbons (Fsp3) is 0.333. The number of hydrogen-bond acceptors (Lipinski definition) is 4. The van der Waals surface area contributed by atoms with E-state index in [1.54, 1.807) is 0 Å². The molecule has 0 unspecified atom stereocenters. The van der Waals surface area contributed by atoms with Crippen LogP contribution < -0.4 is 15.8 Å². The fourth-order valence-corrected chi connectivity index (χ4v) is 2.41. The van der Waals surface area contributed by atoms with E-state index in [2.05, 4.69) is 5.32 Å². The minimum Gasteiger partial charge on any atom is -0.488 e. The van der Waals surface area contributed by atoms with Gasteiger partial charge in [0.1, 0.15) is 24.0 Å². The highest BCUT2D eigenvalue weighted by Crippen LogP contribution is 2.19. The topological polar surface area (TPSA) is 90.7 Å². The molecule has 2 aromatic rings. The van der Waals surface area contributed by atoms with Crippen LogP contribution in [0.15, 0.2) is 54.6 Å². The molecule has 0 saturated carbocycles. The van der Waals surface area contributed by atoms with E-state index >= 15 is 0 Å². The number of primary amides is 1. The van der Waals surface area contributed by atoms with Gasteiger partial charge in [-0.05, 0) is 44.0 Å². The Morgan fingerprint density at radius 2 is 1.63 bits per heavy atom. The molecule has 0 aliphatic carbocycles. The predicted molar refractivity (Wildman–Crippen MR) is 103 cm³/mol. The lowest BCUT2D eigenvalue weighted by Crippen LogP contribution is -2.46. The van der Waals surface area contributed by atoms with E-state index in [1.807, 2.05) is 75.4 Å². The molecule has 0 fully saturated rings. The lowest BCUT2D eigenvalue weighted by molar-refractivity contribution is -0.119. The molecule has 0 bridgehead atoms. The average Bonchev–Trinajstić information content (AvgIpc) is 2.60. The number of nitrogens with one attached hydrogen (secondary N) is 1. The molecule has 2 amide bonds. The van der Waals surface area contributed by atoms with E-state index in [0.717, 1.165) is 16.9 Å². The van der Waals surface area contributed by atoms with Gasteiger partial charge in [0.2, 0.25) is 5.91 Å². The van der Waals surface area contributed by atoms with Crippen molar-refractivity contribution in [3.63, 3.8) is 0 Å². The van der Waals surface area contributed by atoms with Gasteiger partial charge in [0.05, 0.1) is 0 Å². The first-order valence-electron chi connectivity index (χ1n) is 8.77. The van der Waals surface area contributed by atoms with Crippen LogP contribution >= 0.6 is 0 Å². The van der Waals surface area contributed by atoms with Gasteiger partial charge in [-0.3, -0.25) is 4.79 Å². The van der Waals surface area contributed by atoms with Crippen molar-refractivity contribution in [1.82, 2.24) is 5.32 Å². The van der Waals surface area contributed by atoms with Crippen LogP contribution in [-0.2, 0) is 22.6 Å². The van der Waals surface area contributed by atoms with Gasteiger partial charge in [-0.25, -0.2) is 4.79 Å². The summed E-state index contributed by atoms with van der Waals surface area (Å²) in [6, 6.07) is 15.8. The van der Waals surface area contributed by atoms with Crippen LogP contribution in [0.1, 0.15) is 31.9 Å². The van der Waals surface area contributed by atoms with Crippen LogP contribution in [0.5, 0.6) is 5.75 Å². The summed E-state index contributed by atoms with van der Waals surface area (Å²) in [7, 11) is 0. The zero-order valence-corrected chi connectivity index (χ0v) is 15.9. The summed E-state index contributed by atoms with van der Waals surface area (Å²) in [5, 5.41) is 2.52. The second-order valence-electron chi connectivity index (χ2n) is 7.22. The van der Waals surface area contributed by atoms with Gasteiger partial charge in [0, 0.05) is 6.42 Å². The second kappa shape index (κ2) is 9.07. The standard InChI is InChI=1S/C21H26N2O4/c1-21(2,3)27-17-11-9-15(10-12-17)13-18(19(22)24)23-20(25)26-14-16-7-5-4-6-8-16/h4-12,18H,13-14H2,1-3H3,(H2,22,24)(H,23,25)/t18-/m0/s1. The Morgan fingerprint density at radius 3 is 2.19 bits per heavy atom. The third kappa shape index (κ3) is 7.40. The van der Waals surface area contributed by atoms with Crippen LogP contribution in [0.25, 0.3) is 0 Å². The summed E-state index contributed by atoms with van der Waals surface area (Å²) >= 11 is 0. The Hall–Kier alpha value is -3.02. The summed E-state index contributed by atoms with van der Waals surface area (Å²) in [6.07, 6.45) is -0.415. The van der Waals surface area contributed by atoms with Crippen molar-refractivity contribution in [2.24, 2.45) is 5.73 Å². The number of rotatable bonds is 7. The maximum atomic E-state index is 12.0. The van der Waals surface area contributed by atoms with Crippen molar-refractivity contribution >= 4 is 12.0 Å². The Morgan fingerprint density at radius 1 is 1.00 bits per heavy atom. The summed E-state index contributed by atoms with van der Waals surface area (Å²) in [6.45, 7) is 6.02. The Balaban J connectivity index is 1.91. The smallest absolute Gasteiger partial charge is 0.408 e. The first-order chi connectivity index (χ1) is 12.7. The van der Waals surface area contributed by atoms with Crippen LogP contribution in [-0.4, -0.2) is 23.6 Å². The highest BCUT2D eigenvalue weighted by Gasteiger charge is 2.20. The predicted octanol–water partition coefficient (Wildman–Crippen LogP) is 3.19. The van der Waals surface area contributed by atoms with Gasteiger partial charge in [-0.1, -0.05) is 42.5 Å². The van der Waals surface area contributed by atoms with Crippen LogP contribution in [0.4, 0.5) is 4.79 Å². The van der Waals surface area contributed by atoms with Gasteiger partial charge >= 0.3 is 6.09 Å². The van der Waals surface area contributed by atoms with Crippen molar-refractivity contribution in [2.75, 3.05) is 0 Å². The molecule has 6 nitrogen and oxygen atoms in total. The third-order valence-electron chi connectivity index (χ3n) is 3.64. The van der Waals surface area contributed by atoms with E-state index in [-0.39, 0.29) is 18.6 Å². The lowest BCUT2D eigenvalue weighted by atomic mass is 10.1. The van der Waals surface area contributed by atoms with Gasteiger partial charge < -0.3 is 20.5 Å². The minimum absolute atomic E-state index is 0.122. The molecule has 0 aliphatic rings. The highest BCUT2D eigenvalue weighted by molar-refractivity contribution is 5.84. The average molecular weight is 370 g/mol. The quantitative estimate of drug-likeness (QED) is 0.783. The minimum atomic E-state index is -0.859. The number of carbonyl (C=O) groups is 2. The molecule has 27 heavy (non-hydrogen) atoms. The molecule has 0 radical (unpaired) electrons. The lowest BCUT2D eigenvalue weighted by Gasteiger charge is -2.21. The number of ether oxygens (including phenoxy) is 2. The number of alkyl carbamates (subject to hydrolysis) is 1. The Kier molecular flexibility index (Phi) is 6.82. The van der Waals surface area contributed by atoms with Gasteiger partial charge in [0.15, 0.2) is 0 Å². The van der Waals surface area contributed by atoms with Crippen molar-refractivity contribution in [2.45, 2.75) is 45.4 Å². The summed E-state index contributed by atoms with van der Waals surface area (Å²) < 4.78 is 10.9. The zero-order chi connectivity index (χ0) is 19.9. The van der Waals surface area contributed by atoms with Crippen LogP contribution in [0, 0.1) is 0 Å². The second-order valence-corrected chi connectivity index (χ2v) is 7.22. The maximum absolute atomic E-state index is 12.0. The molecule has 0 spiro atoms. The molecule has 3 N–H and O–H groups in total. The molecular weight excluding hydrogens is 344 g/mol. The molecule has 2 rings (SSSR count). The maximum Gasteiger partial charge on any atom is 0.408 e. The number of benzene rings is 2. The molecule has 0 aliphatic heterocycles. The fourth-order valence-electron chi connectivity index (χ4n) is 2.41. The molecule has 1 atom stereocenters. The molecular formula is C21H26N2O4. The van der Waals surface area contributed by atoms with E-state index < -0.39 is 18.0 Å². The van der Waals surface area contributed by atoms with Crippen LogP contribution in [0.3, 0.4) is 0 Å². The molecule has 144 valence electrons. The number of hydrogen-bond donors (Lipinski definition) is 2. The SMILES string of the molecule is CC(C)(C)Oc1ccc(C[C@H](NC(=O)OCc2ccccc2)C(N)=O)cc1. The first-order valence-corrected chi connectivity index (χ1v) is 8.77. The third-order valence-corrected chi connectivity index (χ3v) is 3.64. The van der Waals surface area contributed by atoms with Gasteiger partial charge in [-0.2, -0.15) is 0 Å². The molecule has 0 heterocycles. The van der Waals surface area contributed by atoms with E-state index in [9.17, 15) is 9.59 Å². The largest absolute Gasteiger partial charge is 0.488 e. The van der Waals surface area contributed by atoms with E-state index in [4.69, 9.17) is 15.2 Å². The van der Waals surface area contributed by atoms with Crippen molar-refractivity contribution in [3.8, 4) is 5.75 Å². The van der Waals surface area contributed by atoms with Crippen molar-refractivity contribution < 1.29 is 19.1 Å². The van der Waals surface area contributed by atoms with Crippen molar-refractivity contribution in [3.05, 3.63) is 65.7 Å². The number of amides is 2. The van der Waals surface area contributed by atoms with E-state index in [0.29, 0.717) is 0 Å². The van der Waals surface area contributed by atoms with Gasteiger partial charge in [-0.15, -0.1) is 0 Å². The Bertz CT molecular complexity index is 752. The molecule has 0 saturated heterocycles. The number of nitrogens with two attached hydrogens (primary N) is 1. The normalized spacial score (nSPS) is 12.1. The first kappa shape index (κ1) is 20.3. The molecule has 0 aromatic heterocycles. The van der Waals surface area contributed by atoms with Crippen molar-refractivity contribution in [1.29, 1.82) is 0 Å². The van der Waals surface area contributed by atoms with Gasteiger partial charge in [0.25, 0.3) is 0 Å². The number of carbonyl (C=O) groups excluding carboxylic acids is 2. The summed E-state index contributed by atoms with van der Waals surface area (Å²) in [4.78, 5) is 23.7. The monoisotopic (exact) mass is 370 g/mol. The molecule has 6 heteroatoms. The highest BCUT2D eigenvalue weighted by atomic mass is 16.5. The van der Waals surface area contributed by atoms with Crippen LogP contribution in [0.2, 0.25) is 0 Å². The Labute approximate surface area is 159 Å².